The summed E-state index contributed by atoms with van der Waals surface area (Å²) in [5.41, 5.74) is -5.76. The maximum Gasteiger partial charge on any atom is 0.219 e. The van der Waals surface area contributed by atoms with Gasteiger partial charge in [0, 0.05) is 19.3 Å². The Hall–Kier alpha value is -1.63. The molecule has 0 fully saturated rings. The van der Waals surface area contributed by atoms with Crippen LogP contribution in [-0.2, 0) is 14.4 Å². The fraction of sp³-hybridized carbons (Fsp3) is 0.873. The highest BCUT2D eigenvalue weighted by atomic mass is 16.4. The van der Waals surface area contributed by atoms with Crippen LogP contribution in [0.5, 0.6) is 0 Å². The molecule has 61 heavy (non-hydrogen) atoms. The molecule has 0 aromatic heterocycles. The molecule has 0 spiro atoms. The zero-order valence-electron chi connectivity index (χ0n) is 40.8. The second-order valence-electron chi connectivity index (χ2n) is 18.7. The molecule has 0 bridgehead atoms. The Morgan fingerprint density at radius 3 is 0.787 bits per heavy atom. The summed E-state index contributed by atoms with van der Waals surface area (Å²) in [6.07, 6.45) is 52.4. The number of rotatable bonds is 49. The Kier molecular flexibility index (Phi) is 42.4. The number of hydrogen-bond donors (Lipinski definition) is 3. The lowest BCUT2D eigenvalue weighted by atomic mass is 9.71. The quantitative estimate of drug-likeness (QED) is 0.0319. The summed E-state index contributed by atoms with van der Waals surface area (Å²) in [6.45, 7) is 5.58. The molecule has 2 atom stereocenters. The van der Waals surface area contributed by atoms with Gasteiger partial charge >= 0.3 is 0 Å². The molecule has 3 N–H and O–H groups in total. The lowest BCUT2D eigenvalue weighted by molar-refractivity contribution is -0.194. The first kappa shape index (κ1) is 59.4. The highest BCUT2D eigenvalue weighted by Gasteiger charge is 2.62. The number of Topliss-reactive ketones (excluding diaryl/α,β-unsaturated/α-hetero) is 3. The summed E-state index contributed by atoms with van der Waals surface area (Å²) < 4.78 is 0. The zero-order chi connectivity index (χ0) is 45.0. The van der Waals surface area contributed by atoms with Crippen molar-refractivity contribution in [2.75, 3.05) is 6.61 Å². The van der Waals surface area contributed by atoms with E-state index in [1.165, 1.54) is 128 Å². The number of aliphatic hydroxyl groups is 3. The van der Waals surface area contributed by atoms with Crippen molar-refractivity contribution in [2.24, 2.45) is 0 Å². The van der Waals surface area contributed by atoms with Crippen LogP contribution in [0.3, 0.4) is 0 Å². The Labute approximate surface area is 378 Å². The van der Waals surface area contributed by atoms with Gasteiger partial charge in [-0.3, -0.25) is 14.4 Å². The maximum absolute atomic E-state index is 13.8. The number of carbonyl (C=O) groups excluding carboxylic acids is 3. The van der Waals surface area contributed by atoms with Crippen LogP contribution in [-0.4, -0.2) is 50.5 Å². The van der Waals surface area contributed by atoms with Gasteiger partial charge in [-0.1, -0.05) is 225 Å². The van der Waals surface area contributed by atoms with E-state index in [0.717, 1.165) is 103 Å². The molecule has 0 saturated heterocycles. The third-order valence-corrected chi connectivity index (χ3v) is 12.9. The summed E-state index contributed by atoms with van der Waals surface area (Å²) >= 11 is 0. The Balaban J connectivity index is 4.96. The van der Waals surface area contributed by atoms with Crippen molar-refractivity contribution in [3.05, 3.63) is 24.3 Å². The summed E-state index contributed by atoms with van der Waals surface area (Å²) in [5, 5.41) is 34.1. The van der Waals surface area contributed by atoms with Crippen LogP contribution >= 0.6 is 0 Å². The van der Waals surface area contributed by atoms with E-state index in [1.54, 1.807) is 0 Å². The van der Waals surface area contributed by atoms with Crippen LogP contribution in [0.4, 0.5) is 0 Å². The van der Waals surface area contributed by atoms with Gasteiger partial charge in [-0.2, -0.15) is 0 Å². The van der Waals surface area contributed by atoms with Gasteiger partial charge in [0.05, 0.1) is 6.61 Å². The minimum absolute atomic E-state index is 0.0930. The molecule has 0 heterocycles. The monoisotopic (exact) mass is 859 g/mol. The number of ketones is 3. The van der Waals surface area contributed by atoms with Crippen molar-refractivity contribution in [2.45, 2.75) is 302 Å². The van der Waals surface area contributed by atoms with Crippen molar-refractivity contribution < 1.29 is 29.7 Å². The summed E-state index contributed by atoms with van der Waals surface area (Å²) in [6, 6.07) is 0. The second-order valence-corrected chi connectivity index (χ2v) is 18.7. The standard InChI is InChI=1S/C55H102O6/c1-4-7-10-13-16-19-22-25-27-30-32-35-38-41-44-47-51(57)54(60,50-56)55(61,52(58)48-45-42-39-36-33-29-24-21-18-15-12-9-6-3)53(59)49-46-43-40-37-34-31-28-26-23-20-17-14-11-8-5-2/h25-28,56,60-61H,4-24,29-50H2,1-3H3/b27-25-,28-26-. The van der Waals surface area contributed by atoms with Crippen LogP contribution in [0, 0.1) is 0 Å². The van der Waals surface area contributed by atoms with E-state index in [9.17, 15) is 29.7 Å². The van der Waals surface area contributed by atoms with Crippen LogP contribution < -0.4 is 0 Å². The smallest absolute Gasteiger partial charge is 0.219 e. The molecule has 0 saturated carbocycles. The minimum Gasteiger partial charge on any atom is -0.393 e. The van der Waals surface area contributed by atoms with Gasteiger partial charge in [0.2, 0.25) is 5.60 Å². The normalized spacial score (nSPS) is 13.9. The van der Waals surface area contributed by atoms with Crippen molar-refractivity contribution in [3.8, 4) is 0 Å². The number of carbonyl (C=O) groups is 3. The van der Waals surface area contributed by atoms with Crippen LogP contribution in [0.1, 0.15) is 290 Å². The largest absolute Gasteiger partial charge is 0.393 e. The predicted octanol–water partition coefficient (Wildman–Crippen LogP) is 15.7. The Morgan fingerprint density at radius 2 is 0.541 bits per heavy atom. The van der Waals surface area contributed by atoms with E-state index in [-0.39, 0.29) is 19.3 Å². The van der Waals surface area contributed by atoms with Crippen molar-refractivity contribution in [3.63, 3.8) is 0 Å². The third-order valence-electron chi connectivity index (χ3n) is 12.9. The predicted molar refractivity (Wildman–Crippen MR) is 261 cm³/mol. The molecule has 2 unspecified atom stereocenters. The SMILES string of the molecule is CCCCCCCC/C=C\CCCCCCCC(=O)C(O)(CO)C(O)(C(=O)CCCCCCC/C=C\CCCCCCCC)C(=O)CCCCCCCCCCCCCCC. The second kappa shape index (κ2) is 43.6. The number of unbranched alkanes of at least 4 members (excludes halogenated alkanes) is 34. The molecule has 6 nitrogen and oxygen atoms in total. The van der Waals surface area contributed by atoms with E-state index in [2.05, 4.69) is 45.1 Å². The number of allylic oxidation sites excluding steroid dienone is 4. The van der Waals surface area contributed by atoms with Crippen molar-refractivity contribution >= 4 is 17.3 Å². The van der Waals surface area contributed by atoms with Gasteiger partial charge in [0.25, 0.3) is 0 Å². The van der Waals surface area contributed by atoms with Gasteiger partial charge in [-0.15, -0.1) is 0 Å². The molecular formula is C55H102O6. The fourth-order valence-electron chi connectivity index (χ4n) is 8.61. The average Bonchev–Trinajstić information content (AvgIpc) is 3.26. The molecule has 0 aromatic carbocycles. The number of hydrogen-bond acceptors (Lipinski definition) is 6. The van der Waals surface area contributed by atoms with E-state index >= 15 is 0 Å². The summed E-state index contributed by atoms with van der Waals surface area (Å²) in [7, 11) is 0. The minimum atomic E-state index is -2.93. The highest BCUT2D eigenvalue weighted by molar-refractivity contribution is 6.16. The van der Waals surface area contributed by atoms with Crippen LogP contribution in [0.15, 0.2) is 24.3 Å². The lowest BCUT2D eigenvalue weighted by Gasteiger charge is -2.39. The van der Waals surface area contributed by atoms with Crippen molar-refractivity contribution in [1.82, 2.24) is 0 Å². The first-order valence-corrected chi connectivity index (χ1v) is 26.7. The molecule has 0 aliphatic heterocycles. The molecule has 0 amide bonds. The van der Waals surface area contributed by atoms with Gasteiger partial charge < -0.3 is 15.3 Å². The van der Waals surface area contributed by atoms with Crippen LogP contribution in [0.25, 0.3) is 0 Å². The first-order chi connectivity index (χ1) is 29.8. The van der Waals surface area contributed by atoms with Crippen LogP contribution in [0.2, 0.25) is 0 Å². The zero-order valence-corrected chi connectivity index (χ0v) is 40.8. The molecule has 6 heteroatoms. The molecular weight excluding hydrogens is 757 g/mol. The molecule has 0 aliphatic carbocycles. The third kappa shape index (κ3) is 31.0. The topological polar surface area (TPSA) is 112 Å². The molecule has 0 aromatic rings. The van der Waals surface area contributed by atoms with E-state index < -0.39 is 35.2 Å². The number of aliphatic hydroxyl groups excluding tert-OH is 1. The maximum atomic E-state index is 13.8. The summed E-state index contributed by atoms with van der Waals surface area (Å²) in [4.78, 5) is 41.2. The lowest BCUT2D eigenvalue weighted by Crippen LogP contribution is -2.69. The van der Waals surface area contributed by atoms with Gasteiger partial charge in [0.1, 0.15) is 0 Å². The Bertz CT molecular complexity index is 1070. The van der Waals surface area contributed by atoms with Gasteiger partial charge in [-0.05, 0) is 70.6 Å². The van der Waals surface area contributed by atoms with Gasteiger partial charge in [0.15, 0.2) is 23.0 Å². The molecule has 0 rings (SSSR count). The Morgan fingerprint density at radius 1 is 0.328 bits per heavy atom. The average molecular weight is 859 g/mol. The van der Waals surface area contributed by atoms with Crippen molar-refractivity contribution in [1.29, 1.82) is 0 Å². The molecule has 358 valence electrons. The fourth-order valence-corrected chi connectivity index (χ4v) is 8.61. The first-order valence-electron chi connectivity index (χ1n) is 26.7. The molecule has 0 radical (unpaired) electrons. The van der Waals surface area contributed by atoms with E-state index in [4.69, 9.17) is 0 Å². The van der Waals surface area contributed by atoms with Gasteiger partial charge in [-0.25, -0.2) is 0 Å². The van der Waals surface area contributed by atoms with E-state index in [0.29, 0.717) is 19.3 Å². The summed E-state index contributed by atoms with van der Waals surface area (Å²) in [5.74, 6) is -2.48. The molecule has 0 aliphatic rings. The van der Waals surface area contributed by atoms with E-state index in [1.807, 2.05) is 0 Å². The highest BCUT2D eigenvalue weighted by Crippen LogP contribution is 2.32.